The Morgan fingerprint density at radius 2 is 1.62 bits per heavy atom. The largest absolute Gasteiger partial charge is 0.364 e. The molecule has 0 aliphatic heterocycles. The van der Waals surface area contributed by atoms with Gasteiger partial charge in [-0.1, -0.05) is 35.3 Å². The Morgan fingerprint density at radius 1 is 0.952 bits per heavy atom. The lowest BCUT2D eigenvalue weighted by atomic mass is 10.2. The van der Waals surface area contributed by atoms with Crippen molar-refractivity contribution < 1.29 is 14.4 Å². The third-order valence-electron chi connectivity index (χ3n) is 2.43. The lowest BCUT2D eigenvalue weighted by Gasteiger charge is -2.08. The number of carbonyl (C=O) groups excluding carboxylic acids is 2. The summed E-state index contributed by atoms with van der Waals surface area (Å²) in [5, 5.41) is 3.26. The standard InChI is InChI=1S/C14H10Cl2N2O3/c15-9-5-7-10(8-6-9)17-14(20)18-21-13(19)11-3-1-2-4-12(11)16/h1-8H,(H2,17,18,20). The van der Waals surface area contributed by atoms with E-state index >= 15 is 0 Å². The molecule has 0 radical (unpaired) electrons. The Balaban J connectivity index is 1.88. The number of carbonyl (C=O) groups is 2. The summed E-state index contributed by atoms with van der Waals surface area (Å²) in [7, 11) is 0. The molecule has 2 N–H and O–H groups in total. The van der Waals surface area contributed by atoms with Gasteiger partial charge in [-0.15, -0.1) is 0 Å². The summed E-state index contributed by atoms with van der Waals surface area (Å²) in [6.07, 6.45) is 0. The van der Waals surface area contributed by atoms with Crippen LogP contribution in [-0.2, 0) is 4.84 Å². The molecule has 2 aromatic carbocycles. The fraction of sp³-hybridized carbons (Fsp3) is 0. The summed E-state index contributed by atoms with van der Waals surface area (Å²) >= 11 is 11.6. The fourth-order valence-electron chi connectivity index (χ4n) is 1.46. The number of rotatable bonds is 2. The van der Waals surface area contributed by atoms with Crippen LogP contribution >= 0.6 is 23.2 Å². The van der Waals surface area contributed by atoms with E-state index in [0.717, 1.165) is 0 Å². The third-order valence-corrected chi connectivity index (χ3v) is 3.01. The number of amides is 2. The highest BCUT2D eigenvalue weighted by Gasteiger charge is 2.12. The van der Waals surface area contributed by atoms with Crippen LogP contribution in [-0.4, -0.2) is 12.0 Å². The molecular weight excluding hydrogens is 315 g/mol. The zero-order valence-electron chi connectivity index (χ0n) is 10.6. The fourth-order valence-corrected chi connectivity index (χ4v) is 1.80. The van der Waals surface area contributed by atoms with E-state index in [1.807, 2.05) is 5.48 Å². The molecule has 0 aliphatic rings. The van der Waals surface area contributed by atoms with E-state index in [1.165, 1.54) is 6.07 Å². The molecule has 2 aromatic rings. The monoisotopic (exact) mass is 324 g/mol. The molecule has 0 saturated heterocycles. The predicted molar refractivity (Wildman–Crippen MR) is 80.5 cm³/mol. The Hall–Kier alpha value is -2.24. The molecule has 0 spiro atoms. The number of nitrogens with one attached hydrogen (secondary N) is 2. The average Bonchev–Trinajstić information content (AvgIpc) is 2.48. The highest BCUT2D eigenvalue weighted by atomic mass is 35.5. The topological polar surface area (TPSA) is 67.4 Å². The molecule has 0 fully saturated rings. The minimum absolute atomic E-state index is 0.158. The van der Waals surface area contributed by atoms with Crippen LogP contribution in [0.15, 0.2) is 48.5 Å². The third kappa shape index (κ3) is 4.37. The van der Waals surface area contributed by atoms with Gasteiger partial charge < -0.3 is 10.2 Å². The maximum atomic E-state index is 11.7. The first-order valence-electron chi connectivity index (χ1n) is 5.84. The van der Waals surface area contributed by atoms with Crippen LogP contribution in [0.2, 0.25) is 10.0 Å². The van der Waals surface area contributed by atoms with Crippen molar-refractivity contribution in [2.45, 2.75) is 0 Å². The van der Waals surface area contributed by atoms with Crippen LogP contribution in [0.5, 0.6) is 0 Å². The van der Waals surface area contributed by atoms with Gasteiger partial charge >= 0.3 is 12.0 Å². The number of anilines is 1. The SMILES string of the molecule is O=C(NOC(=O)c1ccccc1Cl)Nc1ccc(Cl)cc1. The first kappa shape index (κ1) is 15.2. The minimum Gasteiger partial charge on any atom is -0.334 e. The molecule has 0 saturated carbocycles. The number of benzene rings is 2. The maximum absolute atomic E-state index is 11.7. The Bertz CT molecular complexity index is 660. The Labute approximate surface area is 130 Å². The summed E-state index contributed by atoms with van der Waals surface area (Å²) in [6.45, 7) is 0. The van der Waals surface area contributed by atoms with Crippen molar-refractivity contribution in [1.82, 2.24) is 5.48 Å². The number of hydrogen-bond acceptors (Lipinski definition) is 3. The molecule has 21 heavy (non-hydrogen) atoms. The first-order chi connectivity index (χ1) is 10.1. The van der Waals surface area contributed by atoms with Gasteiger partial charge in [0, 0.05) is 10.7 Å². The zero-order valence-corrected chi connectivity index (χ0v) is 12.1. The van der Waals surface area contributed by atoms with Crippen molar-refractivity contribution in [1.29, 1.82) is 0 Å². The van der Waals surface area contributed by atoms with Crippen molar-refractivity contribution in [3.05, 3.63) is 64.1 Å². The number of hydroxylamine groups is 1. The number of halogens is 2. The molecule has 7 heteroatoms. The highest BCUT2D eigenvalue weighted by Crippen LogP contribution is 2.15. The maximum Gasteiger partial charge on any atom is 0.364 e. The van der Waals surface area contributed by atoms with Gasteiger partial charge in [-0.25, -0.2) is 9.59 Å². The highest BCUT2D eigenvalue weighted by molar-refractivity contribution is 6.33. The Morgan fingerprint density at radius 3 is 2.29 bits per heavy atom. The molecule has 2 amide bonds. The van der Waals surface area contributed by atoms with Crippen molar-refractivity contribution in [3.63, 3.8) is 0 Å². The predicted octanol–water partition coefficient (Wildman–Crippen LogP) is 3.89. The van der Waals surface area contributed by atoms with E-state index < -0.39 is 12.0 Å². The molecule has 2 rings (SSSR count). The summed E-state index contributed by atoms with van der Waals surface area (Å²) in [5.41, 5.74) is 2.64. The van der Waals surface area contributed by atoms with E-state index in [9.17, 15) is 9.59 Å². The second-order valence-electron chi connectivity index (χ2n) is 3.93. The van der Waals surface area contributed by atoms with Crippen molar-refractivity contribution in [2.75, 3.05) is 5.32 Å². The quantitative estimate of drug-likeness (QED) is 0.823. The average molecular weight is 325 g/mol. The van der Waals surface area contributed by atoms with E-state index in [4.69, 9.17) is 23.2 Å². The first-order valence-corrected chi connectivity index (χ1v) is 6.60. The second kappa shape index (κ2) is 6.97. The smallest absolute Gasteiger partial charge is 0.334 e. The van der Waals surface area contributed by atoms with Crippen LogP contribution in [0, 0.1) is 0 Å². The molecular formula is C14H10Cl2N2O3. The van der Waals surface area contributed by atoms with Gasteiger partial charge in [-0.05, 0) is 36.4 Å². The van der Waals surface area contributed by atoms with Gasteiger partial charge in [0.2, 0.25) is 0 Å². The van der Waals surface area contributed by atoms with Crippen molar-refractivity contribution in [2.24, 2.45) is 0 Å². The Kier molecular flexibility index (Phi) is 5.03. The van der Waals surface area contributed by atoms with E-state index in [1.54, 1.807) is 42.5 Å². The molecule has 108 valence electrons. The lowest BCUT2D eigenvalue weighted by molar-refractivity contribution is 0.0340. The van der Waals surface area contributed by atoms with Gasteiger partial charge in [-0.3, -0.25) is 0 Å². The molecule has 0 aliphatic carbocycles. The van der Waals surface area contributed by atoms with Crippen LogP contribution in [0.3, 0.4) is 0 Å². The van der Waals surface area contributed by atoms with Gasteiger partial charge in [-0.2, -0.15) is 5.48 Å². The molecule has 0 atom stereocenters. The van der Waals surface area contributed by atoms with Gasteiger partial charge in [0.1, 0.15) is 0 Å². The summed E-state index contributed by atoms with van der Waals surface area (Å²) in [4.78, 5) is 27.9. The molecule has 0 aromatic heterocycles. The van der Waals surface area contributed by atoms with Gasteiger partial charge in [0.05, 0.1) is 10.6 Å². The van der Waals surface area contributed by atoms with Crippen LogP contribution in [0.25, 0.3) is 0 Å². The zero-order chi connectivity index (χ0) is 15.2. The summed E-state index contributed by atoms with van der Waals surface area (Å²) < 4.78 is 0. The minimum atomic E-state index is -0.758. The lowest BCUT2D eigenvalue weighted by Crippen LogP contribution is -2.31. The van der Waals surface area contributed by atoms with E-state index in [-0.39, 0.29) is 10.6 Å². The number of urea groups is 1. The summed E-state index contributed by atoms with van der Waals surface area (Å²) in [6, 6.07) is 12.1. The molecule has 0 bridgehead atoms. The van der Waals surface area contributed by atoms with Crippen LogP contribution < -0.4 is 10.8 Å². The van der Waals surface area contributed by atoms with Crippen LogP contribution in [0.4, 0.5) is 10.5 Å². The normalized spacial score (nSPS) is 9.81. The van der Waals surface area contributed by atoms with Crippen molar-refractivity contribution in [3.8, 4) is 0 Å². The summed E-state index contributed by atoms with van der Waals surface area (Å²) in [5.74, 6) is -0.758. The number of hydrogen-bond donors (Lipinski definition) is 2. The van der Waals surface area contributed by atoms with E-state index in [0.29, 0.717) is 10.7 Å². The molecule has 0 unspecified atom stereocenters. The molecule has 0 heterocycles. The van der Waals surface area contributed by atoms with Crippen molar-refractivity contribution >= 4 is 40.9 Å². The van der Waals surface area contributed by atoms with Crippen LogP contribution in [0.1, 0.15) is 10.4 Å². The second-order valence-corrected chi connectivity index (χ2v) is 4.78. The molecule has 5 nitrogen and oxygen atoms in total. The van der Waals surface area contributed by atoms with Gasteiger partial charge in [0.25, 0.3) is 0 Å². The van der Waals surface area contributed by atoms with E-state index in [2.05, 4.69) is 10.2 Å². The van der Waals surface area contributed by atoms with Gasteiger partial charge in [0.15, 0.2) is 0 Å².